The quantitative estimate of drug-likeness (QED) is 0.689. The highest BCUT2D eigenvalue weighted by molar-refractivity contribution is 5.13. The summed E-state index contributed by atoms with van der Waals surface area (Å²) in [6, 6.07) is 0. The van der Waals surface area contributed by atoms with E-state index in [1.807, 2.05) is 0 Å². The molecule has 0 aromatic rings. The fourth-order valence-corrected chi connectivity index (χ4v) is 1.53. The molecular formula is C9H6F12O2. The van der Waals surface area contributed by atoms with Gasteiger partial charge in [-0.15, -0.1) is 0 Å². The van der Waals surface area contributed by atoms with Crippen LogP contribution in [0.15, 0.2) is 0 Å². The second-order valence-corrected chi connectivity index (χ2v) is 4.63. The van der Waals surface area contributed by atoms with Gasteiger partial charge in [-0.05, 0) is 0 Å². The Kier molecular flexibility index (Phi) is 4.41. The van der Waals surface area contributed by atoms with Gasteiger partial charge in [0.1, 0.15) is 0 Å². The van der Waals surface area contributed by atoms with Gasteiger partial charge in [0.15, 0.2) is 6.67 Å². The first kappa shape index (κ1) is 20.1. The van der Waals surface area contributed by atoms with E-state index in [4.69, 9.17) is 0 Å². The third-order valence-electron chi connectivity index (χ3n) is 2.79. The number of rotatable bonds is 4. The molecule has 2 nitrogen and oxygen atoms in total. The fraction of sp³-hybridized carbons (Fsp3) is 1.00. The first-order valence-corrected chi connectivity index (χ1v) is 5.37. The van der Waals surface area contributed by atoms with E-state index < -0.39 is 48.6 Å². The molecule has 0 aliphatic carbocycles. The molecule has 1 heterocycles. The molecule has 0 aromatic heterocycles. The summed E-state index contributed by atoms with van der Waals surface area (Å²) in [6.45, 7) is -3.84. The molecule has 0 unspecified atom stereocenters. The largest absolute Gasteiger partial charge is 0.407 e. The van der Waals surface area contributed by atoms with Crippen LogP contribution in [0, 0.1) is 0 Å². The third kappa shape index (κ3) is 2.62. The lowest BCUT2D eigenvalue weighted by atomic mass is 9.89. The zero-order chi connectivity index (χ0) is 18.7. The highest BCUT2D eigenvalue weighted by Gasteiger charge is 2.92. The Morgan fingerprint density at radius 1 is 0.826 bits per heavy atom. The summed E-state index contributed by atoms with van der Waals surface area (Å²) in [4.78, 5) is 0. The van der Waals surface area contributed by atoms with E-state index in [1.165, 1.54) is 0 Å². The van der Waals surface area contributed by atoms with Crippen molar-refractivity contribution in [3.05, 3.63) is 0 Å². The Morgan fingerprint density at radius 2 is 1.17 bits per heavy atom. The van der Waals surface area contributed by atoms with Gasteiger partial charge in [0.2, 0.25) is 6.29 Å². The molecule has 138 valence electrons. The Labute approximate surface area is 119 Å². The van der Waals surface area contributed by atoms with E-state index in [9.17, 15) is 52.7 Å². The predicted octanol–water partition coefficient (Wildman–Crippen LogP) is 4.15. The maximum atomic E-state index is 13.8. The number of alkyl halides is 12. The molecule has 0 spiro atoms. The minimum absolute atomic E-state index is 0.330. The summed E-state index contributed by atoms with van der Waals surface area (Å²) in [5, 5.41) is 0. The van der Waals surface area contributed by atoms with Crippen LogP contribution in [0.3, 0.4) is 0 Å². The van der Waals surface area contributed by atoms with Gasteiger partial charge in [-0.2, -0.15) is 35.1 Å². The topological polar surface area (TPSA) is 18.5 Å². The smallest absolute Gasteiger partial charge is 0.281 e. The van der Waals surface area contributed by atoms with Gasteiger partial charge in [0.05, 0.1) is 0 Å². The van der Waals surface area contributed by atoms with Gasteiger partial charge in [0.25, 0.3) is 5.92 Å². The standard InChI is InChI=1S/C9H6F12O2/c1-4(11,12)3-22-8(18,19)6(15,9(20,21)23-3)7(16,17)5(13,14)2-10/h3H,2H2,1H3. The van der Waals surface area contributed by atoms with Crippen molar-refractivity contribution in [1.29, 1.82) is 0 Å². The fourth-order valence-electron chi connectivity index (χ4n) is 1.53. The van der Waals surface area contributed by atoms with Crippen LogP contribution in [-0.4, -0.2) is 48.6 Å². The summed E-state index contributed by atoms with van der Waals surface area (Å²) >= 11 is 0. The molecular weight excluding hydrogens is 368 g/mol. The highest BCUT2D eigenvalue weighted by Crippen LogP contribution is 2.62. The molecule has 0 radical (unpaired) electrons. The Hall–Kier alpha value is -0.920. The maximum absolute atomic E-state index is 13.8. The average Bonchev–Trinajstić information content (AvgIpc) is 2.33. The molecule has 0 aromatic carbocycles. The van der Waals surface area contributed by atoms with E-state index in [1.54, 1.807) is 0 Å². The summed E-state index contributed by atoms with van der Waals surface area (Å²) < 4.78 is 161. The van der Waals surface area contributed by atoms with Crippen molar-refractivity contribution in [2.75, 3.05) is 6.67 Å². The lowest BCUT2D eigenvalue weighted by molar-refractivity contribution is -0.556. The van der Waals surface area contributed by atoms with Gasteiger partial charge in [-0.1, -0.05) is 0 Å². The number of hydrogen-bond donors (Lipinski definition) is 0. The normalized spacial score (nSPS) is 32.0. The number of hydrogen-bond acceptors (Lipinski definition) is 2. The number of halogens is 12. The molecule has 0 bridgehead atoms. The Bertz CT molecular complexity index is 438. The third-order valence-corrected chi connectivity index (χ3v) is 2.79. The van der Waals surface area contributed by atoms with Gasteiger partial charge in [-0.3, -0.25) is 9.47 Å². The molecule has 1 rings (SSSR count). The van der Waals surface area contributed by atoms with E-state index in [0.29, 0.717) is 0 Å². The molecule has 0 N–H and O–H groups in total. The van der Waals surface area contributed by atoms with Crippen LogP contribution in [0.1, 0.15) is 6.92 Å². The van der Waals surface area contributed by atoms with Crippen molar-refractivity contribution >= 4 is 0 Å². The minimum atomic E-state index is -7.09. The Balaban J connectivity index is 3.51. The minimum Gasteiger partial charge on any atom is -0.281 e. The van der Waals surface area contributed by atoms with Gasteiger partial charge in [-0.25, -0.2) is 17.6 Å². The van der Waals surface area contributed by atoms with Gasteiger partial charge < -0.3 is 0 Å². The van der Waals surface area contributed by atoms with Crippen molar-refractivity contribution in [3.8, 4) is 0 Å². The zero-order valence-corrected chi connectivity index (χ0v) is 10.6. The van der Waals surface area contributed by atoms with E-state index in [0.717, 1.165) is 0 Å². The van der Waals surface area contributed by atoms with Crippen LogP contribution >= 0.6 is 0 Å². The van der Waals surface area contributed by atoms with Crippen molar-refractivity contribution in [1.82, 2.24) is 0 Å². The van der Waals surface area contributed by atoms with Crippen LogP contribution < -0.4 is 0 Å². The van der Waals surface area contributed by atoms with Gasteiger partial charge in [0, 0.05) is 6.92 Å². The predicted molar refractivity (Wildman–Crippen MR) is 46.2 cm³/mol. The second kappa shape index (κ2) is 5.04. The van der Waals surface area contributed by atoms with E-state index >= 15 is 0 Å². The van der Waals surface area contributed by atoms with Crippen LogP contribution in [0.25, 0.3) is 0 Å². The van der Waals surface area contributed by atoms with Gasteiger partial charge >= 0.3 is 29.7 Å². The highest BCUT2D eigenvalue weighted by atomic mass is 19.3. The monoisotopic (exact) mass is 374 g/mol. The summed E-state index contributed by atoms with van der Waals surface area (Å²) in [5.41, 5.74) is -6.97. The van der Waals surface area contributed by atoms with Crippen molar-refractivity contribution in [3.63, 3.8) is 0 Å². The molecule has 14 heteroatoms. The summed E-state index contributed by atoms with van der Waals surface area (Å²) in [6.07, 6.45) is -17.1. The van der Waals surface area contributed by atoms with Crippen molar-refractivity contribution in [2.45, 2.75) is 48.9 Å². The average molecular weight is 374 g/mol. The summed E-state index contributed by atoms with van der Waals surface area (Å²) in [7, 11) is 0. The first-order valence-electron chi connectivity index (χ1n) is 5.37. The molecule has 1 fully saturated rings. The SMILES string of the molecule is CC(F)(F)C1OC(F)(F)C(F)(C(F)(F)C(F)(F)CF)C(F)(F)O1. The lowest BCUT2D eigenvalue weighted by Gasteiger charge is -2.48. The molecule has 0 atom stereocenters. The second-order valence-electron chi connectivity index (χ2n) is 4.63. The van der Waals surface area contributed by atoms with Crippen LogP contribution in [-0.2, 0) is 9.47 Å². The zero-order valence-electron chi connectivity index (χ0n) is 10.6. The van der Waals surface area contributed by atoms with Crippen LogP contribution in [0.5, 0.6) is 0 Å². The molecule has 1 aliphatic heterocycles. The molecule has 0 saturated carbocycles. The van der Waals surface area contributed by atoms with Crippen LogP contribution in [0.2, 0.25) is 0 Å². The van der Waals surface area contributed by atoms with Crippen LogP contribution in [0.4, 0.5) is 52.7 Å². The molecule has 1 aliphatic rings. The van der Waals surface area contributed by atoms with E-state index in [-0.39, 0.29) is 6.92 Å². The number of ether oxygens (including phenoxy) is 2. The van der Waals surface area contributed by atoms with Crippen molar-refractivity contribution in [2.24, 2.45) is 0 Å². The summed E-state index contributed by atoms with van der Waals surface area (Å²) in [5.74, 6) is -18.1. The Morgan fingerprint density at radius 3 is 1.43 bits per heavy atom. The lowest BCUT2D eigenvalue weighted by Crippen LogP contribution is -2.78. The van der Waals surface area contributed by atoms with E-state index in [2.05, 4.69) is 9.47 Å². The van der Waals surface area contributed by atoms with Crippen molar-refractivity contribution < 1.29 is 62.2 Å². The molecule has 0 amide bonds. The first-order chi connectivity index (χ1) is 9.87. The molecule has 23 heavy (non-hydrogen) atoms. The molecule has 1 saturated heterocycles. The maximum Gasteiger partial charge on any atom is 0.407 e.